The molecule has 4 heteroatoms. The fourth-order valence-electron chi connectivity index (χ4n) is 1.97. The number of hydrogen-bond acceptors (Lipinski definition) is 3. The maximum atomic E-state index is 10.8. The van der Waals surface area contributed by atoms with Crippen molar-refractivity contribution in [1.82, 2.24) is 4.90 Å². The standard InChI is InChI=1S/C12H24N2O2/c1-9-7-10(9)8-14(3)6-4-5-12(2,13)11(15)16/h9-10H,4-8,13H2,1-3H3,(H,15,16). The van der Waals surface area contributed by atoms with Gasteiger partial charge in [-0.05, 0) is 51.6 Å². The van der Waals surface area contributed by atoms with Gasteiger partial charge >= 0.3 is 5.97 Å². The van der Waals surface area contributed by atoms with E-state index in [1.807, 2.05) is 0 Å². The van der Waals surface area contributed by atoms with Crippen LogP contribution in [-0.4, -0.2) is 41.7 Å². The molecular weight excluding hydrogens is 204 g/mol. The molecule has 3 N–H and O–H groups in total. The first-order valence-corrected chi connectivity index (χ1v) is 6.04. The van der Waals surface area contributed by atoms with Gasteiger partial charge < -0.3 is 15.7 Å². The summed E-state index contributed by atoms with van der Waals surface area (Å²) in [6, 6.07) is 0. The van der Waals surface area contributed by atoms with Crippen LogP contribution in [0, 0.1) is 11.8 Å². The molecule has 0 radical (unpaired) electrons. The van der Waals surface area contributed by atoms with Gasteiger partial charge in [-0.3, -0.25) is 4.79 Å². The van der Waals surface area contributed by atoms with Gasteiger partial charge in [-0.15, -0.1) is 0 Å². The van der Waals surface area contributed by atoms with E-state index < -0.39 is 11.5 Å². The molecule has 1 saturated carbocycles. The van der Waals surface area contributed by atoms with Crippen LogP contribution in [0.25, 0.3) is 0 Å². The highest BCUT2D eigenvalue weighted by Gasteiger charge is 2.33. The third-order valence-corrected chi connectivity index (χ3v) is 3.55. The molecule has 1 rings (SSSR count). The van der Waals surface area contributed by atoms with E-state index in [0.717, 1.165) is 31.3 Å². The fourth-order valence-corrected chi connectivity index (χ4v) is 1.97. The predicted octanol–water partition coefficient (Wildman–Crippen LogP) is 1.16. The molecule has 0 aromatic carbocycles. The van der Waals surface area contributed by atoms with E-state index >= 15 is 0 Å². The number of nitrogens with two attached hydrogens (primary N) is 1. The Balaban J connectivity index is 2.12. The van der Waals surface area contributed by atoms with Gasteiger partial charge in [-0.2, -0.15) is 0 Å². The summed E-state index contributed by atoms with van der Waals surface area (Å²) in [6.45, 7) is 5.93. The molecule has 0 bridgehead atoms. The first-order chi connectivity index (χ1) is 7.33. The van der Waals surface area contributed by atoms with Crippen LogP contribution >= 0.6 is 0 Å². The summed E-state index contributed by atoms with van der Waals surface area (Å²) >= 11 is 0. The zero-order valence-corrected chi connectivity index (χ0v) is 10.6. The molecule has 1 aliphatic rings. The van der Waals surface area contributed by atoms with E-state index in [1.54, 1.807) is 6.92 Å². The Bertz CT molecular complexity index is 253. The third-order valence-electron chi connectivity index (χ3n) is 3.55. The van der Waals surface area contributed by atoms with Gasteiger partial charge in [0.15, 0.2) is 0 Å². The van der Waals surface area contributed by atoms with Crippen LogP contribution in [0.5, 0.6) is 0 Å². The molecule has 1 fully saturated rings. The lowest BCUT2D eigenvalue weighted by Gasteiger charge is -2.21. The zero-order chi connectivity index (χ0) is 12.3. The molecule has 1 aliphatic carbocycles. The normalized spacial score (nSPS) is 27.8. The average Bonchev–Trinajstić information content (AvgIpc) is 2.80. The van der Waals surface area contributed by atoms with Crippen LogP contribution in [0.4, 0.5) is 0 Å². The molecule has 3 atom stereocenters. The minimum Gasteiger partial charge on any atom is -0.480 e. The number of aliphatic carboxylic acids is 1. The molecule has 94 valence electrons. The van der Waals surface area contributed by atoms with Gasteiger partial charge in [-0.25, -0.2) is 0 Å². The van der Waals surface area contributed by atoms with Crippen molar-refractivity contribution in [3.05, 3.63) is 0 Å². The summed E-state index contributed by atoms with van der Waals surface area (Å²) < 4.78 is 0. The fraction of sp³-hybridized carbons (Fsp3) is 0.917. The number of carboxylic acid groups (broad SMARTS) is 1. The monoisotopic (exact) mass is 228 g/mol. The highest BCUT2D eigenvalue weighted by atomic mass is 16.4. The van der Waals surface area contributed by atoms with Crippen molar-refractivity contribution in [3.8, 4) is 0 Å². The van der Waals surface area contributed by atoms with Crippen LogP contribution in [0.15, 0.2) is 0 Å². The van der Waals surface area contributed by atoms with Crippen molar-refractivity contribution in [2.45, 2.75) is 38.6 Å². The summed E-state index contributed by atoms with van der Waals surface area (Å²) in [5.41, 5.74) is 4.59. The second-order valence-corrected chi connectivity index (χ2v) is 5.56. The predicted molar refractivity (Wildman–Crippen MR) is 64.2 cm³/mol. The van der Waals surface area contributed by atoms with E-state index in [1.165, 1.54) is 6.42 Å². The highest BCUT2D eigenvalue weighted by Crippen LogP contribution is 2.37. The minimum absolute atomic E-state index is 0.535. The van der Waals surface area contributed by atoms with Gasteiger partial charge in [-0.1, -0.05) is 6.92 Å². The van der Waals surface area contributed by atoms with Crippen LogP contribution < -0.4 is 5.73 Å². The number of carboxylic acids is 1. The largest absolute Gasteiger partial charge is 0.480 e. The Labute approximate surface area is 97.8 Å². The number of rotatable bonds is 7. The first-order valence-electron chi connectivity index (χ1n) is 6.04. The molecule has 0 aromatic heterocycles. The SMILES string of the molecule is CC1CC1CN(C)CCCC(C)(N)C(=O)O. The van der Waals surface area contributed by atoms with E-state index in [9.17, 15) is 4.79 Å². The van der Waals surface area contributed by atoms with E-state index in [-0.39, 0.29) is 0 Å². The summed E-state index contributed by atoms with van der Waals surface area (Å²) in [6.07, 6.45) is 2.72. The Morgan fingerprint density at radius 3 is 2.62 bits per heavy atom. The van der Waals surface area contributed by atoms with E-state index in [0.29, 0.717) is 6.42 Å². The Morgan fingerprint density at radius 1 is 1.62 bits per heavy atom. The Kier molecular flexibility index (Phi) is 4.33. The molecule has 0 aromatic rings. The minimum atomic E-state index is -1.08. The molecule has 0 saturated heterocycles. The summed E-state index contributed by atoms with van der Waals surface area (Å²) in [5, 5.41) is 8.86. The summed E-state index contributed by atoms with van der Waals surface area (Å²) in [5.74, 6) is 0.820. The summed E-state index contributed by atoms with van der Waals surface area (Å²) in [4.78, 5) is 13.1. The van der Waals surface area contributed by atoms with Crippen LogP contribution in [0.1, 0.15) is 33.1 Å². The average molecular weight is 228 g/mol. The van der Waals surface area contributed by atoms with Crippen molar-refractivity contribution >= 4 is 5.97 Å². The molecule has 0 amide bonds. The molecule has 16 heavy (non-hydrogen) atoms. The number of nitrogens with zero attached hydrogens (tertiary/aromatic N) is 1. The lowest BCUT2D eigenvalue weighted by atomic mass is 9.97. The molecule has 3 unspecified atom stereocenters. The van der Waals surface area contributed by atoms with Crippen molar-refractivity contribution in [2.24, 2.45) is 17.6 Å². The molecule has 0 spiro atoms. The lowest BCUT2D eigenvalue weighted by molar-refractivity contribution is -0.142. The van der Waals surface area contributed by atoms with Gasteiger partial charge in [0.25, 0.3) is 0 Å². The van der Waals surface area contributed by atoms with Gasteiger partial charge in [0.2, 0.25) is 0 Å². The second kappa shape index (κ2) is 5.15. The van der Waals surface area contributed by atoms with Gasteiger partial charge in [0.1, 0.15) is 5.54 Å². The van der Waals surface area contributed by atoms with E-state index in [2.05, 4.69) is 18.9 Å². The Hall–Kier alpha value is -0.610. The van der Waals surface area contributed by atoms with Crippen molar-refractivity contribution in [1.29, 1.82) is 0 Å². The van der Waals surface area contributed by atoms with Crippen LogP contribution in [-0.2, 0) is 4.79 Å². The Morgan fingerprint density at radius 2 is 2.19 bits per heavy atom. The maximum absolute atomic E-state index is 10.8. The first kappa shape index (κ1) is 13.5. The van der Waals surface area contributed by atoms with E-state index in [4.69, 9.17) is 10.8 Å². The van der Waals surface area contributed by atoms with Gasteiger partial charge in [0.05, 0.1) is 0 Å². The quantitative estimate of drug-likeness (QED) is 0.686. The molecule has 0 aliphatic heterocycles. The van der Waals surface area contributed by atoms with Crippen LogP contribution in [0.3, 0.4) is 0 Å². The zero-order valence-electron chi connectivity index (χ0n) is 10.6. The maximum Gasteiger partial charge on any atom is 0.323 e. The topological polar surface area (TPSA) is 66.6 Å². The third kappa shape index (κ3) is 4.10. The second-order valence-electron chi connectivity index (χ2n) is 5.56. The lowest BCUT2D eigenvalue weighted by Crippen LogP contribution is -2.45. The summed E-state index contributed by atoms with van der Waals surface area (Å²) in [7, 11) is 2.10. The number of hydrogen-bond donors (Lipinski definition) is 2. The molecule has 4 nitrogen and oxygen atoms in total. The highest BCUT2D eigenvalue weighted by molar-refractivity contribution is 5.77. The molecular formula is C12H24N2O2. The van der Waals surface area contributed by atoms with Crippen molar-refractivity contribution < 1.29 is 9.90 Å². The van der Waals surface area contributed by atoms with Crippen molar-refractivity contribution in [2.75, 3.05) is 20.1 Å². The van der Waals surface area contributed by atoms with Gasteiger partial charge in [0, 0.05) is 6.54 Å². The number of carbonyl (C=O) groups is 1. The van der Waals surface area contributed by atoms with Crippen molar-refractivity contribution in [3.63, 3.8) is 0 Å². The van der Waals surface area contributed by atoms with Crippen LogP contribution in [0.2, 0.25) is 0 Å². The molecule has 0 heterocycles. The smallest absolute Gasteiger partial charge is 0.323 e.